The summed E-state index contributed by atoms with van der Waals surface area (Å²) in [5.74, 6) is 0.656. The third kappa shape index (κ3) is 5.03. The number of rotatable bonds is 7. The maximum absolute atomic E-state index is 12.1. The molecule has 0 amide bonds. The first-order valence-electron chi connectivity index (χ1n) is 11.2. The van der Waals surface area contributed by atoms with E-state index in [0.29, 0.717) is 24.5 Å². The Morgan fingerprint density at radius 2 is 2.06 bits per heavy atom. The molecule has 1 aliphatic rings. The lowest BCUT2D eigenvalue weighted by molar-refractivity contribution is -0.0712. The largest absolute Gasteiger partial charge is 0.489 e. The third-order valence-electron chi connectivity index (χ3n) is 5.91. The molecule has 6 heteroatoms. The van der Waals surface area contributed by atoms with Crippen LogP contribution in [0.5, 0.6) is 5.75 Å². The number of benzene rings is 2. The van der Waals surface area contributed by atoms with Gasteiger partial charge in [0.2, 0.25) is 0 Å². The predicted octanol–water partition coefficient (Wildman–Crippen LogP) is 6.36. The molecule has 5 rings (SSSR count). The average molecular weight is 463 g/mol. The van der Waals surface area contributed by atoms with E-state index in [2.05, 4.69) is 12.1 Å². The minimum Gasteiger partial charge on any atom is -0.489 e. The van der Waals surface area contributed by atoms with E-state index in [1.54, 1.807) is 23.5 Å². The molecule has 3 heterocycles. The minimum absolute atomic E-state index is 0.0423. The average Bonchev–Trinajstić information content (AvgIpc) is 3.37. The second-order valence-electron chi connectivity index (χ2n) is 8.14. The van der Waals surface area contributed by atoms with Crippen LogP contribution in [0.4, 0.5) is 0 Å². The molecule has 33 heavy (non-hydrogen) atoms. The predicted molar refractivity (Wildman–Crippen MR) is 130 cm³/mol. The topological polar surface area (TPSA) is 57.9 Å². The summed E-state index contributed by atoms with van der Waals surface area (Å²) < 4.78 is 23.3. The summed E-state index contributed by atoms with van der Waals surface area (Å²) in [6.45, 7) is 3.89. The van der Waals surface area contributed by atoms with Crippen molar-refractivity contribution in [2.75, 3.05) is 13.2 Å². The maximum Gasteiger partial charge on any atom is 0.336 e. The van der Waals surface area contributed by atoms with Gasteiger partial charge in [0.05, 0.1) is 12.2 Å². The summed E-state index contributed by atoms with van der Waals surface area (Å²) in [6, 6.07) is 17.5. The van der Waals surface area contributed by atoms with Gasteiger partial charge in [0.1, 0.15) is 17.9 Å². The molecule has 0 bridgehead atoms. The Balaban J connectivity index is 1.32. The molecule has 0 N–H and O–H groups in total. The summed E-state index contributed by atoms with van der Waals surface area (Å²) in [5.41, 5.74) is 4.24. The Morgan fingerprint density at radius 3 is 2.91 bits per heavy atom. The summed E-state index contributed by atoms with van der Waals surface area (Å²) in [6.07, 6.45) is 2.11. The van der Waals surface area contributed by atoms with E-state index in [1.807, 2.05) is 48.0 Å². The van der Waals surface area contributed by atoms with Crippen LogP contribution in [0.3, 0.4) is 0 Å². The van der Waals surface area contributed by atoms with Gasteiger partial charge in [-0.2, -0.15) is 11.3 Å². The van der Waals surface area contributed by atoms with E-state index in [0.717, 1.165) is 47.1 Å². The molecule has 4 aromatic rings. The first-order valence-corrected chi connectivity index (χ1v) is 12.2. The van der Waals surface area contributed by atoms with Gasteiger partial charge in [0, 0.05) is 42.7 Å². The highest BCUT2D eigenvalue weighted by Gasteiger charge is 2.24. The fraction of sp³-hybridized carbons (Fsp3) is 0.296. The molecule has 170 valence electrons. The monoisotopic (exact) mass is 462 g/mol. The van der Waals surface area contributed by atoms with Crippen LogP contribution in [0.1, 0.15) is 37.0 Å². The summed E-state index contributed by atoms with van der Waals surface area (Å²) in [4.78, 5) is 12.1. The molecule has 1 saturated heterocycles. The highest BCUT2D eigenvalue weighted by atomic mass is 32.1. The van der Waals surface area contributed by atoms with Crippen LogP contribution in [0.15, 0.2) is 74.6 Å². The zero-order chi connectivity index (χ0) is 22.6. The van der Waals surface area contributed by atoms with Crippen molar-refractivity contribution < 1.29 is 18.6 Å². The Hall–Kier alpha value is -2.93. The van der Waals surface area contributed by atoms with Gasteiger partial charge in [-0.3, -0.25) is 0 Å². The highest BCUT2D eigenvalue weighted by molar-refractivity contribution is 7.08. The molecule has 1 aliphatic heterocycles. The van der Waals surface area contributed by atoms with Crippen molar-refractivity contribution in [2.45, 2.75) is 38.6 Å². The van der Waals surface area contributed by atoms with Crippen molar-refractivity contribution in [3.8, 4) is 16.9 Å². The fourth-order valence-corrected chi connectivity index (χ4v) is 4.98. The normalized spacial score (nSPS) is 18.5. The van der Waals surface area contributed by atoms with Crippen LogP contribution in [-0.4, -0.2) is 19.3 Å². The second-order valence-corrected chi connectivity index (χ2v) is 8.92. The molecular weight excluding hydrogens is 436 g/mol. The van der Waals surface area contributed by atoms with E-state index < -0.39 is 0 Å². The van der Waals surface area contributed by atoms with E-state index in [-0.39, 0.29) is 17.8 Å². The molecule has 0 radical (unpaired) electrons. The van der Waals surface area contributed by atoms with Crippen molar-refractivity contribution >= 4 is 22.3 Å². The highest BCUT2D eigenvalue weighted by Crippen LogP contribution is 2.32. The molecule has 0 saturated carbocycles. The van der Waals surface area contributed by atoms with E-state index in [4.69, 9.17) is 18.6 Å². The Morgan fingerprint density at radius 1 is 1.12 bits per heavy atom. The van der Waals surface area contributed by atoms with Crippen LogP contribution in [-0.2, 0) is 16.1 Å². The fourth-order valence-electron chi connectivity index (χ4n) is 4.33. The smallest absolute Gasteiger partial charge is 0.336 e. The first kappa shape index (κ1) is 21.9. The number of ether oxygens (including phenoxy) is 3. The lowest BCUT2D eigenvalue weighted by Gasteiger charge is -2.29. The van der Waals surface area contributed by atoms with Gasteiger partial charge in [-0.1, -0.05) is 18.2 Å². The number of thiophene rings is 1. The molecule has 5 nitrogen and oxygen atoms in total. The van der Waals surface area contributed by atoms with Crippen molar-refractivity contribution in [3.05, 3.63) is 86.9 Å². The number of hydrogen-bond acceptors (Lipinski definition) is 6. The Kier molecular flexibility index (Phi) is 6.58. The van der Waals surface area contributed by atoms with Gasteiger partial charge in [0.15, 0.2) is 0 Å². The van der Waals surface area contributed by atoms with Crippen LogP contribution in [0.25, 0.3) is 22.1 Å². The van der Waals surface area contributed by atoms with Gasteiger partial charge in [0.25, 0.3) is 0 Å². The molecule has 2 aromatic heterocycles. The van der Waals surface area contributed by atoms with Gasteiger partial charge >= 0.3 is 5.63 Å². The standard InChI is InChI=1S/C27H26O5S/c1-2-29-22-8-10-30-25(13-22)19-5-3-4-18(12-19)16-31-21-6-7-23-24(20-9-11-33-17-20)15-27(28)32-26(23)14-21/h3-7,9,11-12,14-15,17,22,25H,2,8,10,13,16H2,1H3. The molecule has 0 aliphatic carbocycles. The van der Waals surface area contributed by atoms with E-state index in [9.17, 15) is 4.79 Å². The summed E-state index contributed by atoms with van der Waals surface area (Å²) >= 11 is 1.60. The van der Waals surface area contributed by atoms with E-state index in [1.165, 1.54) is 0 Å². The quantitative estimate of drug-likeness (QED) is 0.299. The minimum atomic E-state index is -0.369. The van der Waals surface area contributed by atoms with Crippen LogP contribution < -0.4 is 10.4 Å². The summed E-state index contributed by atoms with van der Waals surface area (Å²) in [5, 5.41) is 4.91. The molecule has 2 unspecified atom stereocenters. The zero-order valence-corrected chi connectivity index (χ0v) is 19.3. The lowest BCUT2D eigenvalue weighted by atomic mass is 9.98. The second kappa shape index (κ2) is 9.91. The molecular formula is C27H26O5S. The third-order valence-corrected chi connectivity index (χ3v) is 6.60. The zero-order valence-electron chi connectivity index (χ0n) is 18.5. The summed E-state index contributed by atoms with van der Waals surface area (Å²) in [7, 11) is 0. The van der Waals surface area contributed by atoms with Gasteiger partial charge in [-0.05, 0) is 65.1 Å². The molecule has 0 spiro atoms. The Bertz CT molecular complexity index is 1280. The van der Waals surface area contributed by atoms with Crippen molar-refractivity contribution in [2.24, 2.45) is 0 Å². The molecule has 1 fully saturated rings. The number of hydrogen-bond donors (Lipinski definition) is 0. The van der Waals surface area contributed by atoms with E-state index >= 15 is 0 Å². The maximum atomic E-state index is 12.1. The van der Waals surface area contributed by atoms with Crippen LogP contribution in [0, 0.1) is 0 Å². The first-order chi connectivity index (χ1) is 16.2. The van der Waals surface area contributed by atoms with Crippen molar-refractivity contribution in [1.29, 1.82) is 0 Å². The lowest BCUT2D eigenvalue weighted by Crippen LogP contribution is -2.26. The van der Waals surface area contributed by atoms with Gasteiger partial charge < -0.3 is 18.6 Å². The van der Waals surface area contributed by atoms with Crippen LogP contribution >= 0.6 is 11.3 Å². The van der Waals surface area contributed by atoms with Crippen molar-refractivity contribution in [3.63, 3.8) is 0 Å². The SMILES string of the molecule is CCOC1CCOC(c2cccc(COc3ccc4c(-c5ccsc5)cc(=O)oc4c3)c2)C1. The number of fused-ring (bicyclic) bond motifs is 1. The Labute approximate surface area is 196 Å². The van der Waals surface area contributed by atoms with Gasteiger partial charge in [-0.25, -0.2) is 4.79 Å². The van der Waals surface area contributed by atoms with Crippen LogP contribution in [0.2, 0.25) is 0 Å². The molecule has 2 aromatic carbocycles. The van der Waals surface area contributed by atoms with Crippen molar-refractivity contribution in [1.82, 2.24) is 0 Å². The van der Waals surface area contributed by atoms with Gasteiger partial charge in [-0.15, -0.1) is 0 Å². The molecule has 2 atom stereocenters.